The van der Waals surface area contributed by atoms with Crippen LogP contribution < -0.4 is 5.32 Å². The number of hydrogen-bond acceptors (Lipinski definition) is 4. The van der Waals surface area contributed by atoms with E-state index in [2.05, 4.69) is 15.4 Å². The van der Waals surface area contributed by atoms with Gasteiger partial charge in [0.05, 0.1) is 6.20 Å². The van der Waals surface area contributed by atoms with E-state index in [0.29, 0.717) is 5.56 Å². The highest BCUT2D eigenvalue weighted by molar-refractivity contribution is 7.13. The molecule has 1 N–H and O–H groups in total. The molecule has 1 aromatic carbocycles. The van der Waals surface area contributed by atoms with Crippen molar-refractivity contribution in [3.05, 3.63) is 71.1 Å². The topological polar surface area (TPSA) is 64.7 Å². The molecule has 0 radical (unpaired) electrons. The van der Waals surface area contributed by atoms with Crippen molar-refractivity contribution in [1.29, 1.82) is 0 Å². The zero-order valence-corrected chi connectivity index (χ0v) is 16.1. The maximum absolute atomic E-state index is 12.9. The van der Waals surface area contributed by atoms with Gasteiger partial charge in [0.1, 0.15) is 16.4 Å². The highest BCUT2D eigenvalue weighted by Gasteiger charge is 2.20. The standard InChI is InChI=1S/C20H19N5OS/c1-13-4-5-14(2)25(13)20-17(12-22-24(20)3)18(26)23-16-8-6-15(7-9-16)19-21-10-11-27-19/h4-12H,1-3H3,(H,23,26). The molecular formula is C20H19N5OS. The zero-order valence-electron chi connectivity index (χ0n) is 15.3. The molecule has 0 aliphatic carbocycles. The third-order valence-corrected chi connectivity index (χ3v) is 5.28. The number of carbonyl (C=O) groups excluding carboxylic acids is 1. The van der Waals surface area contributed by atoms with E-state index < -0.39 is 0 Å². The number of aromatic nitrogens is 4. The fraction of sp³-hybridized carbons (Fsp3) is 0.150. The van der Waals surface area contributed by atoms with Gasteiger partial charge in [-0.3, -0.25) is 9.48 Å². The van der Waals surface area contributed by atoms with Crippen molar-refractivity contribution in [2.45, 2.75) is 13.8 Å². The van der Waals surface area contributed by atoms with Crippen LogP contribution in [0.5, 0.6) is 0 Å². The van der Waals surface area contributed by atoms with Crippen molar-refractivity contribution < 1.29 is 4.79 Å². The number of carbonyl (C=O) groups is 1. The van der Waals surface area contributed by atoms with Gasteiger partial charge in [-0.25, -0.2) is 4.98 Å². The first-order chi connectivity index (χ1) is 13.0. The number of rotatable bonds is 4. The van der Waals surface area contributed by atoms with E-state index in [1.807, 2.05) is 67.2 Å². The quantitative estimate of drug-likeness (QED) is 0.580. The summed E-state index contributed by atoms with van der Waals surface area (Å²) in [6.07, 6.45) is 3.39. The van der Waals surface area contributed by atoms with Gasteiger partial charge in [-0.1, -0.05) is 0 Å². The first-order valence-corrected chi connectivity index (χ1v) is 9.41. The number of nitrogens with one attached hydrogen (secondary N) is 1. The number of amides is 1. The largest absolute Gasteiger partial charge is 0.322 e. The van der Waals surface area contributed by atoms with Gasteiger partial charge in [0.25, 0.3) is 5.91 Å². The predicted octanol–water partition coefficient (Wildman–Crippen LogP) is 4.20. The Labute approximate surface area is 161 Å². The van der Waals surface area contributed by atoms with E-state index in [-0.39, 0.29) is 5.91 Å². The fourth-order valence-electron chi connectivity index (χ4n) is 3.12. The number of nitrogens with zero attached hydrogens (tertiary/aromatic N) is 4. The summed E-state index contributed by atoms with van der Waals surface area (Å²) in [7, 11) is 1.84. The molecule has 136 valence electrons. The van der Waals surface area contributed by atoms with E-state index in [1.165, 1.54) is 0 Å². The van der Waals surface area contributed by atoms with Gasteiger partial charge in [0, 0.05) is 41.3 Å². The number of aryl methyl sites for hydroxylation is 3. The summed E-state index contributed by atoms with van der Waals surface area (Å²) in [4.78, 5) is 17.2. The van der Waals surface area contributed by atoms with Crippen molar-refractivity contribution in [2.75, 3.05) is 5.32 Å². The van der Waals surface area contributed by atoms with Crippen LogP contribution in [-0.2, 0) is 7.05 Å². The molecule has 27 heavy (non-hydrogen) atoms. The second-order valence-corrected chi connectivity index (χ2v) is 7.22. The van der Waals surface area contributed by atoms with Crippen LogP contribution >= 0.6 is 11.3 Å². The highest BCUT2D eigenvalue weighted by Crippen LogP contribution is 2.24. The van der Waals surface area contributed by atoms with Gasteiger partial charge in [0.2, 0.25) is 0 Å². The molecule has 0 aliphatic rings. The van der Waals surface area contributed by atoms with Crippen LogP contribution in [0.3, 0.4) is 0 Å². The third kappa shape index (κ3) is 3.17. The summed E-state index contributed by atoms with van der Waals surface area (Å²) >= 11 is 1.59. The van der Waals surface area contributed by atoms with Crippen molar-refractivity contribution in [3.63, 3.8) is 0 Å². The molecule has 0 saturated carbocycles. The highest BCUT2D eigenvalue weighted by atomic mass is 32.1. The monoisotopic (exact) mass is 377 g/mol. The minimum atomic E-state index is -0.187. The molecule has 0 spiro atoms. The van der Waals surface area contributed by atoms with Crippen molar-refractivity contribution in [2.24, 2.45) is 7.05 Å². The van der Waals surface area contributed by atoms with Crippen LogP contribution in [0.1, 0.15) is 21.7 Å². The predicted molar refractivity (Wildman–Crippen MR) is 108 cm³/mol. The molecule has 7 heteroatoms. The van der Waals surface area contributed by atoms with Crippen LogP contribution in [0.25, 0.3) is 16.4 Å². The number of hydrogen-bond donors (Lipinski definition) is 1. The number of thiazole rings is 1. The Morgan fingerprint density at radius 2 is 1.78 bits per heavy atom. The second kappa shape index (κ2) is 6.85. The number of benzene rings is 1. The molecule has 6 nitrogen and oxygen atoms in total. The molecular weight excluding hydrogens is 358 g/mol. The van der Waals surface area contributed by atoms with Gasteiger partial charge in [-0.05, 0) is 50.2 Å². The molecule has 4 rings (SSSR count). The van der Waals surface area contributed by atoms with E-state index in [0.717, 1.165) is 33.5 Å². The van der Waals surface area contributed by atoms with Crippen LogP contribution in [0.4, 0.5) is 5.69 Å². The summed E-state index contributed by atoms with van der Waals surface area (Å²) in [6.45, 7) is 4.03. The molecule has 1 amide bonds. The zero-order chi connectivity index (χ0) is 19.0. The van der Waals surface area contributed by atoms with E-state index in [1.54, 1.807) is 28.4 Å². The maximum Gasteiger partial charge on any atom is 0.261 e. The van der Waals surface area contributed by atoms with Crippen molar-refractivity contribution in [1.82, 2.24) is 19.3 Å². The van der Waals surface area contributed by atoms with Crippen LogP contribution in [-0.4, -0.2) is 25.2 Å². The summed E-state index contributed by atoms with van der Waals surface area (Å²) in [5, 5.41) is 10.2. The Hall–Kier alpha value is -3.19. The van der Waals surface area contributed by atoms with Gasteiger partial charge in [-0.15, -0.1) is 11.3 Å². The van der Waals surface area contributed by atoms with Crippen LogP contribution in [0.2, 0.25) is 0 Å². The fourth-order valence-corrected chi connectivity index (χ4v) is 3.76. The van der Waals surface area contributed by atoms with E-state index in [4.69, 9.17) is 0 Å². The Balaban J connectivity index is 1.61. The summed E-state index contributed by atoms with van der Waals surface area (Å²) in [6, 6.07) is 11.7. The SMILES string of the molecule is Cc1ccc(C)n1-c1c(C(=O)Nc2ccc(-c3nccs3)cc2)cnn1C. The van der Waals surface area contributed by atoms with E-state index in [9.17, 15) is 4.79 Å². The van der Waals surface area contributed by atoms with Crippen LogP contribution in [0, 0.1) is 13.8 Å². The smallest absolute Gasteiger partial charge is 0.261 e. The molecule has 0 unspecified atom stereocenters. The van der Waals surface area contributed by atoms with Gasteiger partial charge in [0.15, 0.2) is 0 Å². The van der Waals surface area contributed by atoms with Crippen molar-refractivity contribution >= 4 is 22.9 Å². The lowest BCUT2D eigenvalue weighted by molar-refractivity contribution is 0.102. The molecule has 3 aromatic heterocycles. The van der Waals surface area contributed by atoms with Gasteiger partial charge in [-0.2, -0.15) is 5.10 Å². The molecule has 0 saturated heterocycles. The first kappa shape index (κ1) is 17.2. The molecule has 0 atom stereocenters. The Morgan fingerprint density at radius 3 is 2.41 bits per heavy atom. The van der Waals surface area contributed by atoms with E-state index >= 15 is 0 Å². The minimum absolute atomic E-state index is 0.187. The summed E-state index contributed by atoms with van der Waals surface area (Å²) < 4.78 is 3.76. The molecule has 3 heterocycles. The summed E-state index contributed by atoms with van der Waals surface area (Å²) in [5.74, 6) is 0.569. The van der Waals surface area contributed by atoms with Crippen molar-refractivity contribution in [3.8, 4) is 16.4 Å². The summed E-state index contributed by atoms with van der Waals surface area (Å²) in [5.41, 5.74) is 4.40. The maximum atomic E-state index is 12.9. The lowest BCUT2D eigenvalue weighted by atomic mass is 10.2. The minimum Gasteiger partial charge on any atom is -0.322 e. The molecule has 4 aromatic rings. The van der Waals surface area contributed by atoms with Gasteiger partial charge >= 0.3 is 0 Å². The second-order valence-electron chi connectivity index (χ2n) is 6.33. The molecule has 0 aliphatic heterocycles. The first-order valence-electron chi connectivity index (χ1n) is 8.53. The lowest BCUT2D eigenvalue weighted by Gasteiger charge is -2.12. The average molecular weight is 377 g/mol. The Kier molecular flexibility index (Phi) is 4.37. The molecule has 0 bridgehead atoms. The number of anilines is 1. The average Bonchev–Trinajstić information content (AvgIpc) is 3.38. The normalized spacial score (nSPS) is 10.9. The van der Waals surface area contributed by atoms with Crippen LogP contribution in [0.15, 0.2) is 54.2 Å². The third-order valence-electron chi connectivity index (χ3n) is 4.46. The Morgan fingerprint density at radius 1 is 1.07 bits per heavy atom. The Bertz CT molecular complexity index is 1070. The van der Waals surface area contributed by atoms with Gasteiger partial charge < -0.3 is 9.88 Å². The molecule has 0 fully saturated rings. The lowest BCUT2D eigenvalue weighted by Crippen LogP contribution is -2.16.